The lowest BCUT2D eigenvalue weighted by Crippen LogP contribution is -2.15. The highest BCUT2D eigenvalue weighted by Crippen LogP contribution is 2.45. The third-order valence-electron chi connectivity index (χ3n) is 4.65. The van der Waals surface area contributed by atoms with Crippen LogP contribution in [0, 0.1) is 5.82 Å². The van der Waals surface area contributed by atoms with Gasteiger partial charge in [-0.2, -0.15) is 13.2 Å². The lowest BCUT2D eigenvalue weighted by molar-refractivity contribution is -0.137. The van der Waals surface area contributed by atoms with Crippen LogP contribution >= 0.6 is 11.8 Å². The van der Waals surface area contributed by atoms with E-state index in [1.54, 1.807) is 0 Å². The SMILES string of the molecule is O=C(/C=C/c1ccc(F)cc1)Nc1cc(C(F)(F)F)cc2c1Cc1ccccc1S2. The molecular weight excluding hydrogens is 414 g/mol. The minimum Gasteiger partial charge on any atom is -0.322 e. The summed E-state index contributed by atoms with van der Waals surface area (Å²) in [6.45, 7) is 0. The highest BCUT2D eigenvalue weighted by Gasteiger charge is 2.33. The zero-order valence-corrected chi connectivity index (χ0v) is 16.3. The van der Waals surface area contributed by atoms with Gasteiger partial charge < -0.3 is 5.32 Å². The van der Waals surface area contributed by atoms with E-state index in [0.717, 1.165) is 22.6 Å². The zero-order chi connectivity index (χ0) is 21.3. The zero-order valence-electron chi connectivity index (χ0n) is 15.5. The van der Waals surface area contributed by atoms with Gasteiger partial charge in [0.25, 0.3) is 0 Å². The number of carbonyl (C=O) groups is 1. The second kappa shape index (κ2) is 7.99. The molecule has 30 heavy (non-hydrogen) atoms. The molecule has 0 fully saturated rings. The van der Waals surface area contributed by atoms with Gasteiger partial charge in [-0.25, -0.2) is 4.39 Å². The molecule has 1 N–H and O–H groups in total. The monoisotopic (exact) mass is 429 g/mol. The standard InChI is InChI=1S/C23H15F4NOS/c24-17-8-5-14(6-9-17)7-10-22(29)28-19-12-16(23(25,26)27)13-21-18(19)11-15-3-1-2-4-20(15)30-21/h1-10,12-13H,11H2,(H,28,29)/b10-7+. The number of alkyl halides is 3. The summed E-state index contributed by atoms with van der Waals surface area (Å²) in [4.78, 5) is 13.8. The van der Waals surface area contributed by atoms with Crippen LogP contribution in [0.2, 0.25) is 0 Å². The molecule has 1 amide bonds. The average Bonchev–Trinajstić information content (AvgIpc) is 2.71. The molecule has 3 aromatic carbocycles. The summed E-state index contributed by atoms with van der Waals surface area (Å²) >= 11 is 1.26. The summed E-state index contributed by atoms with van der Waals surface area (Å²) in [5.41, 5.74) is 1.56. The van der Waals surface area contributed by atoms with E-state index in [4.69, 9.17) is 0 Å². The highest BCUT2D eigenvalue weighted by molar-refractivity contribution is 7.99. The number of halogens is 4. The maximum absolute atomic E-state index is 13.4. The van der Waals surface area contributed by atoms with Crippen LogP contribution in [-0.4, -0.2) is 5.91 Å². The number of rotatable bonds is 3. The first-order chi connectivity index (χ1) is 14.3. The van der Waals surface area contributed by atoms with Crippen molar-refractivity contribution in [3.63, 3.8) is 0 Å². The summed E-state index contributed by atoms with van der Waals surface area (Å²) in [5, 5.41) is 2.58. The first-order valence-corrected chi connectivity index (χ1v) is 9.86. The molecule has 0 saturated heterocycles. The Labute approximate surface area is 174 Å². The number of anilines is 1. The van der Waals surface area contributed by atoms with Crippen LogP contribution in [0.15, 0.2) is 76.5 Å². The Morgan fingerprint density at radius 3 is 2.47 bits per heavy atom. The third-order valence-corrected chi connectivity index (χ3v) is 5.85. The molecule has 0 saturated carbocycles. The van der Waals surface area contributed by atoms with Crippen molar-refractivity contribution in [1.29, 1.82) is 0 Å². The summed E-state index contributed by atoms with van der Waals surface area (Å²) in [5.74, 6) is -0.963. The second-order valence-corrected chi connectivity index (χ2v) is 7.84. The molecule has 1 aliphatic heterocycles. The van der Waals surface area contributed by atoms with Gasteiger partial charge in [-0.3, -0.25) is 4.79 Å². The molecule has 2 nitrogen and oxygen atoms in total. The van der Waals surface area contributed by atoms with Gasteiger partial charge in [0.1, 0.15) is 5.82 Å². The average molecular weight is 429 g/mol. The molecule has 0 bridgehead atoms. The first-order valence-electron chi connectivity index (χ1n) is 9.04. The van der Waals surface area contributed by atoms with Crippen molar-refractivity contribution in [2.45, 2.75) is 22.4 Å². The Morgan fingerprint density at radius 2 is 1.73 bits per heavy atom. The largest absolute Gasteiger partial charge is 0.416 e. The van der Waals surface area contributed by atoms with Crippen molar-refractivity contribution < 1.29 is 22.4 Å². The van der Waals surface area contributed by atoms with Gasteiger partial charge in [0.05, 0.1) is 5.56 Å². The fraction of sp³-hybridized carbons (Fsp3) is 0.0870. The van der Waals surface area contributed by atoms with E-state index in [1.165, 1.54) is 48.2 Å². The number of fused-ring (bicyclic) bond motifs is 2. The smallest absolute Gasteiger partial charge is 0.322 e. The normalized spacial score (nSPS) is 13.1. The lowest BCUT2D eigenvalue weighted by Gasteiger charge is -2.23. The Kier molecular flexibility index (Phi) is 5.39. The van der Waals surface area contributed by atoms with Crippen molar-refractivity contribution in [2.75, 3.05) is 5.32 Å². The van der Waals surface area contributed by atoms with E-state index in [-0.39, 0.29) is 5.69 Å². The molecule has 152 valence electrons. The van der Waals surface area contributed by atoms with Gasteiger partial charge in [-0.1, -0.05) is 42.1 Å². The van der Waals surface area contributed by atoms with Crippen LogP contribution in [0.5, 0.6) is 0 Å². The molecule has 0 radical (unpaired) electrons. The molecule has 7 heteroatoms. The maximum Gasteiger partial charge on any atom is 0.416 e. The van der Waals surface area contributed by atoms with E-state index in [0.29, 0.717) is 22.4 Å². The fourth-order valence-corrected chi connectivity index (χ4v) is 4.32. The molecule has 4 rings (SSSR count). The molecule has 0 atom stereocenters. The number of hydrogen-bond donors (Lipinski definition) is 1. The van der Waals surface area contributed by atoms with Gasteiger partial charge in [0.15, 0.2) is 0 Å². The van der Waals surface area contributed by atoms with Crippen molar-refractivity contribution in [3.05, 3.63) is 94.8 Å². The van der Waals surface area contributed by atoms with Crippen LogP contribution in [-0.2, 0) is 17.4 Å². The van der Waals surface area contributed by atoms with Gasteiger partial charge in [0.2, 0.25) is 5.91 Å². The minimum atomic E-state index is -4.53. The first kappa shape index (κ1) is 20.2. The van der Waals surface area contributed by atoms with Crippen molar-refractivity contribution in [3.8, 4) is 0 Å². The predicted molar refractivity (Wildman–Crippen MR) is 109 cm³/mol. The van der Waals surface area contributed by atoms with Crippen molar-refractivity contribution in [1.82, 2.24) is 0 Å². The minimum absolute atomic E-state index is 0.135. The number of carbonyl (C=O) groups excluding carboxylic acids is 1. The number of hydrogen-bond acceptors (Lipinski definition) is 2. The van der Waals surface area contributed by atoms with Crippen LogP contribution < -0.4 is 5.32 Å². The van der Waals surface area contributed by atoms with E-state index < -0.39 is 23.5 Å². The molecule has 0 unspecified atom stereocenters. The van der Waals surface area contributed by atoms with E-state index >= 15 is 0 Å². The third kappa shape index (κ3) is 4.41. The van der Waals surface area contributed by atoms with Crippen molar-refractivity contribution in [2.24, 2.45) is 0 Å². The van der Waals surface area contributed by atoms with Gasteiger partial charge in [0, 0.05) is 28.0 Å². The molecule has 3 aromatic rings. The quantitative estimate of drug-likeness (QED) is 0.296. The molecule has 1 heterocycles. The maximum atomic E-state index is 13.4. The number of amides is 1. The van der Waals surface area contributed by atoms with Crippen molar-refractivity contribution >= 4 is 29.4 Å². The Hall–Kier alpha value is -3.06. The molecule has 0 spiro atoms. The topological polar surface area (TPSA) is 29.1 Å². The van der Waals surface area contributed by atoms with Crippen LogP contribution in [0.25, 0.3) is 6.08 Å². The Bertz CT molecular complexity index is 1140. The Morgan fingerprint density at radius 1 is 1.00 bits per heavy atom. The van der Waals surface area contributed by atoms with Crippen LogP contribution in [0.4, 0.5) is 23.2 Å². The van der Waals surface area contributed by atoms with Crippen LogP contribution in [0.3, 0.4) is 0 Å². The molecule has 1 aliphatic rings. The van der Waals surface area contributed by atoms with Gasteiger partial charge in [-0.05, 0) is 53.1 Å². The Balaban J connectivity index is 1.65. The van der Waals surface area contributed by atoms with E-state index in [1.807, 2.05) is 24.3 Å². The fourth-order valence-electron chi connectivity index (χ4n) is 3.17. The summed E-state index contributed by atoms with van der Waals surface area (Å²) < 4.78 is 53.2. The summed E-state index contributed by atoms with van der Waals surface area (Å²) in [7, 11) is 0. The summed E-state index contributed by atoms with van der Waals surface area (Å²) in [6, 6.07) is 15.1. The lowest BCUT2D eigenvalue weighted by atomic mass is 10.00. The van der Waals surface area contributed by atoms with E-state index in [2.05, 4.69) is 5.32 Å². The highest BCUT2D eigenvalue weighted by atomic mass is 32.2. The molecular formula is C23H15F4NOS. The van der Waals surface area contributed by atoms with Gasteiger partial charge >= 0.3 is 6.18 Å². The second-order valence-electron chi connectivity index (χ2n) is 6.76. The molecule has 0 aromatic heterocycles. The number of benzene rings is 3. The van der Waals surface area contributed by atoms with Crippen LogP contribution in [0.1, 0.15) is 22.3 Å². The van der Waals surface area contributed by atoms with Gasteiger partial charge in [-0.15, -0.1) is 0 Å². The number of nitrogens with one attached hydrogen (secondary N) is 1. The summed E-state index contributed by atoms with van der Waals surface area (Å²) in [6.07, 6.45) is -1.42. The molecule has 0 aliphatic carbocycles. The predicted octanol–water partition coefficient (Wildman–Crippen LogP) is 6.55. The van der Waals surface area contributed by atoms with E-state index in [9.17, 15) is 22.4 Å².